The normalized spacial score (nSPS) is 15.1. The molecule has 0 unspecified atom stereocenters. The van der Waals surface area contributed by atoms with Gasteiger partial charge >= 0.3 is 0 Å². The number of carbonyl (C=O) groups excluding carboxylic acids is 1. The van der Waals surface area contributed by atoms with Crippen molar-refractivity contribution < 1.29 is 9.90 Å². The first-order valence-corrected chi connectivity index (χ1v) is 9.20. The number of hydrogen-bond donors (Lipinski definition) is 2. The Hall–Kier alpha value is -2.88. The first-order valence-electron chi connectivity index (χ1n) is 9.20. The molecule has 0 aliphatic heterocycles. The third-order valence-electron chi connectivity index (χ3n) is 5.24. The number of rotatable bonds is 3. The van der Waals surface area contributed by atoms with Gasteiger partial charge in [0, 0.05) is 17.3 Å². The molecule has 3 aromatic rings. The van der Waals surface area contributed by atoms with Crippen molar-refractivity contribution in [3.05, 3.63) is 65.9 Å². The first kappa shape index (κ1) is 16.6. The van der Waals surface area contributed by atoms with Crippen LogP contribution in [0.2, 0.25) is 0 Å². The number of nitrogens with one attached hydrogen (secondary N) is 1. The molecule has 0 spiro atoms. The largest absolute Gasteiger partial charge is 0.505 e. The molecule has 1 amide bonds. The van der Waals surface area contributed by atoms with E-state index in [4.69, 9.17) is 0 Å². The van der Waals surface area contributed by atoms with Gasteiger partial charge in [0.25, 0.3) is 5.91 Å². The number of aromatic hydroxyl groups is 1. The highest BCUT2D eigenvalue weighted by molar-refractivity contribution is 6.09. The minimum atomic E-state index is -0.333. The van der Waals surface area contributed by atoms with Crippen LogP contribution in [-0.2, 0) is 0 Å². The number of phenols is 1. The molecule has 1 heterocycles. The topological polar surface area (TPSA) is 62.2 Å². The van der Waals surface area contributed by atoms with Crippen LogP contribution < -0.4 is 5.32 Å². The van der Waals surface area contributed by atoms with Crippen LogP contribution in [0, 0.1) is 0 Å². The van der Waals surface area contributed by atoms with Crippen molar-refractivity contribution in [2.75, 3.05) is 5.32 Å². The molecule has 26 heavy (non-hydrogen) atoms. The van der Waals surface area contributed by atoms with Gasteiger partial charge in [0.05, 0.1) is 5.56 Å². The highest BCUT2D eigenvalue weighted by Crippen LogP contribution is 2.33. The van der Waals surface area contributed by atoms with E-state index in [9.17, 15) is 9.90 Å². The predicted molar refractivity (Wildman–Crippen MR) is 104 cm³/mol. The Balaban J connectivity index is 1.52. The van der Waals surface area contributed by atoms with Gasteiger partial charge in [-0.05, 0) is 48.6 Å². The van der Waals surface area contributed by atoms with Crippen LogP contribution in [0.5, 0.6) is 5.75 Å². The number of anilines is 1. The second kappa shape index (κ2) is 7.16. The van der Waals surface area contributed by atoms with Gasteiger partial charge in [-0.25, -0.2) is 0 Å². The molecular weight excluding hydrogens is 324 g/mol. The summed E-state index contributed by atoms with van der Waals surface area (Å²) in [4.78, 5) is 16.7. The maximum Gasteiger partial charge on any atom is 0.259 e. The monoisotopic (exact) mass is 346 g/mol. The van der Waals surface area contributed by atoms with Crippen molar-refractivity contribution in [3.63, 3.8) is 0 Å². The zero-order valence-electron chi connectivity index (χ0n) is 14.6. The minimum Gasteiger partial charge on any atom is -0.505 e. The molecule has 4 heteroatoms. The Kier molecular flexibility index (Phi) is 4.57. The lowest BCUT2D eigenvalue weighted by Gasteiger charge is -2.22. The summed E-state index contributed by atoms with van der Waals surface area (Å²) < 4.78 is 0. The molecule has 1 fully saturated rings. The van der Waals surface area contributed by atoms with Gasteiger partial charge in [0.15, 0.2) is 5.75 Å². The van der Waals surface area contributed by atoms with E-state index in [2.05, 4.69) is 22.4 Å². The Morgan fingerprint density at radius 2 is 1.77 bits per heavy atom. The van der Waals surface area contributed by atoms with Gasteiger partial charge in [-0.2, -0.15) is 0 Å². The molecule has 2 aromatic carbocycles. The summed E-state index contributed by atoms with van der Waals surface area (Å²) in [7, 11) is 0. The van der Waals surface area contributed by atoms with E-state index in [-0.39, 0.29) is 17.2 Å². The van der Waals surface area contributed by atoms with Crippen LogP contribution in [-0.4, -0.2) is 16.0 Å². The summed E-state index contributed by atoms with van der Waals surface area (Å²) in [6.45, 7) is 0. The van der Waals surface area contributed by atoms with E-state index in [0.29, 0.717) is 11.4 Å². The van der Waals surface area contributed by atoms with E-state index < -0.39 is 0 Å². The number of benzene rings is 2. The van der Waals surface area contributed by atoms with Crippen LogP contribution in [0.1, 0.15) is 53.9 Å². The highest BCUT2D eigenvalue weighted by atomic mass is 16.3. The van der Waals surface area contributed by atoms with Crippen LogP contribution >= 0.6 is 0 Å². The molecule has 1 saturated carbocycles. The van der Waals surface area contributed by atoms with E-state index in [1.54, 1.807) is 24.4 Å². The lowest BCUT2D eigenvalue weighted by molar-refractivity contribution is 0.102. The van der Waals surface area contributed by atoms with Gasteiger partial charge in [-0.15, -0.1) is 0 Å². The molecule has 1 aliphatic carbocycles. The van der Waals surface area contributed by atoms with Crippen molar-refractivity contribution in [1.82, 2.24) is 4.98 Å². The summed E-state index contributed by atoms with van der Waals surface area (Å²) in [5.41, 5.74) is 2.75. The number of phenolic OH excluding ortho intramolecular Hbond substituents is 1. The Morgan fingerprint density at radius 1 is 1.00 bits per heavy atom. The lowest BCUT2D eigenvalue weighted by Crippen LogP contribution is -2.12. The Bertz CT molecular complexity index is 929. The molecule has 4 rings (SSSR count). The van der Waals surface area contributed by atoms with Crippen molar-refractivity contribution in [2.45, 2.75) is 38.0 Å². The molecule has 1 aromatic heterocycles. The number of amides is 1. The SMILES string of the molecule is O=C(Nc1ccc(C2CCCCC2)cc1)c1ccc2cccnc2c1O. The number of aromatic nitrogens is 1. The second-order valence-electron chi connectivity index (χ2n) is 6.95. The van der Waals surface area contributed by atoms with Crippen molar-refractivity contribution in [2.24, 2.45) is 0 Å². The zero-order valence-corrected chi connectivity index (χ0v) is 14.6. The molecule has 0 radical (unpaired) electrons. The van der Waals surface area contributed by atoms with Crippen LogP contribution in [0.25, 0.3) is 10.9 Å². The van der Waals surface area contributed by atoms with Gasteiger partial charge in [0.2, 0.25) is 0 Å². The average molecular weight is 346 g/mol. The third kappa shape index (κ3) is 3.27. The number of hydrogen-bond acceptors (Lipinski definition) is 3. The number of pyridine rings is 1. The van der Waals surface area contributed by atoms with Gasteiger partial charge < -0.3 is 10.4 Å². The molecule has 2 N–H and O–H groups in total. The highest BCUT2D eigenvalue weighted by Gasteiger charge is 2.17. The Labute approximate surface area is 152 Å². The van der Waals surface area contributed by atoms with Crippen LogP contribution in [0.15, 0.2) is 54.7 Å². The van der Waals surface area contributed by atoms with Gasteiger partial charge in [0.1, 0.15) is 5.52 Å². The van der Waals surface area contributed by atoms with E-state index in [0.717, 1.165) is 11.1 Å². The van der Waals surface area contributed by atoms with Crippen molar-refractivity contribution >= 4 is 22.5 Å². The average Bonchev–Trinajstić information content (AvgIpc) is 2.69. The minimum absolute atomic E-state index is 0.0839. The van der Waals surface area contributed by atoms with Crippen molar-refractivity contribution in [1.29, 1.82) is 0 Å². The van der Waals surface area contributed by atoms with Crippen molar-refractivity contribution in [3.8, 4) is 5.75 Å². The molecule has 132 valence electrons. The molecule has 0 atom stereocenters. The third-order valence-corrected chi connectivity index (χ3v) is 5.24. The molecule has 4 nitrogen and oxygen atoms in total. The summed E-state index contributed by atoms with van der Waals surface area (Å²) >= 11 is 0. The van der Waals surface area contributed by atoms with Gasteiger partial charge in [-0.3, -0.25) is 9.78 Å². The zero-order chi connectivity index (χ0) is 17.9. The molecule has 1 aliphatic rings. The standard InChI is InChI=1S/C22H22N2O2/c25-21-19(13-10-17-7-4-14-23-20(17)21)22(26)24-18-11-8-16(9-12-18)15-5-2-1-3-6-15/h4,7-15,25H,1-3,5-6H2,(H,24,26). The maximum absolute atomic E-state index is 12.6. The molecule has 0 bridgehead atoms. The van der Waals surface area contributed by atoms with Gasteiger partial charge in [-0.1, -0.05) is 43.5 Å². The summed E-state index contributed by atoms with van der Waals surface area (Å²) in [5, 5.41) is 14.1. The van der Waals surface area contributed by atoms with E-state index in [1.807, 2.05) is 18.2 Å². The van der Waals surface area contributed by atoms with Crippen LogP contribution in [0.3, 0.4) is 0 Å². The van der Waals surface area contributed by atoms with E-state index >= 15 is 0 Å². The maximum atomic E-state index is 12.6. The van der Waals surface area contributed by atoms with Crippen LogP contribution in [0.4, 0.5) is 5.69 Å². The molecular formula is C22H22N2O2. The predicted octanol–water partition coefficient (Wildman–Crippen LogP) is 5.24. The summed E-state index contributed by atoms with van der Waals surface area (Å²) in [6, 6.07) is 15.2. The summed E-state index contributed by atoms with van der Waals surface area (Å²) in [6.07, 6.45) is 8.06. The fourth-order valence-electron chi connectivity index (χ4n) is 3.79. The lowest BCUT2D eigenvalue weighted by atomic mass is 9.84. The summed E-state index contributed by atoms with van der Waals surface area (Å²) in [5.74, 6) is 0.226. The Morgan fingerprint density at radius 3 is 2.54 bits per heavy atom. The fourth-order valence-corrected chi connectivity index (χ4v) is 3.79. The second-order valence-corrected chi connectivity index (χ2v) is 6.95. The molecule has 0 saturated heterocycles. The van der Waals surface area contributed by atoms with E-state index in [1.165, 1.54) is 37.7 Å². The first-order chi connectivity index (χ1) is 12.7. The number of fused-ring (bicyclic) bond motifs is 1. The number of nitrogens with zero attached hydrogens (tertiary/aromatic N) is 1. The quantitative estimate of drug-likeness (QED) is 0.681. The smallest absolute Gasteiger partial charge is 0.259 e. The number of carbonyl (C=O) groups is 1. The fraction of sp³-hybridized carbons (Fsp3) is 0.273.